The van der Waals surface area contributed by atoms with E-state index in [1.54, 1.807) is 6.08 Å². The summed E-state index contributed by atoms with van der Waals surface area (Å²) < 4.78 is 0. The van der Waals surface area contributed by atoms with Gasteiger partial charge in [-0.25, -0.2) is 0 Å². The van der Waals surface area contributed by atoms with E-state index in [0.717, 1.165) is 12.8 Å². The number of carbonyl (C=O) groups is 1. The maximum absolute atomic E-state index is 10.3. The maximum atomic E-state index is 10.3. The number of hydrogen-bond acceptors (Lipinski definition) is 1. The van der Waals surface area contributed by atoms with Crippen LogP contribution in [-0.2, 0) is 4.79 Å². The van der Waals surface area contributed by atoms with Gasteiger partial charge in [0.25, 0.3) is 0 Å². The molecule has 0 amide bonds. The van der Waals surface area contributed by atoms with Crippen molar-refractivity contribution in [2.75, 3.05) is 0 Å². The third-order valence-electron chi connectivity index (χ3n) is 1.35. The minimum absolute atomic E-state index is 0.439. The van der Waals surface area contributed by atoms with Crippen molar-refractivity contribution in [2.45, 2.75) is 12.8 Å². The van der Waals surface area contributed by atoms with E-state index < -0.39 is 0 Å². The highest BCUT2D eigenvalue weighted by atomic mass is 35.5. The van der Waals surface area contributed by atoms with Crippen LogP contribution in [0.3, 0.4) is 0 Å². The van der Waals surface area contributed by atoms with Gasteiger partial charge in [0.15, 0.2) is 6.29 Å². The summed E-state index contributed by atoms with van der Waals surface area (Å²) in [6, 6.07) is 0. The number of hydrogen-bond donors (Lipinski definition) is 0. The molecule has 0 aliphatic heterocycles. The molecule has 0 atom stereocenters. The zero-order chi connectivity index (χ0) is 7.56. The average molecular weight is 177 g/mol. The summed E-state index contributed by atoms with van der Waals surface area (Å²) in [7, 11) is 0. The average Bonchev–Trinajstić information content (AvgIpc) is 1.88. The predicted octanol–water partition coefficient (Wildman–Crippen LogP) is 2.59. The molecule has 1 rings (SSSR count). The van der Waals surface area contributed by atoms with Crippen molar-refractivity contribution < 1.29 is 4.79 Å². The van der Waals surface area contributed by atoms with Crippen molar-refractivity contribution in [3.8, 4) is 0 Å². The Labute approximate surface area is 69.3 Å². The van der Waals surface area contributed by atoms with Crippen LogP contribution >= 0.6 is 23.2 Å². The Hall–Kier alpha value is -0.270. The zero-order valence-corrected chi connectivity index (χ0v) is 6.74. The molecule has 0 N–H and O–H groups in total. The Morgan fingerprint density at radius 2 is 2.20 bits per heavy atom. The molecule has 10 heavy (non-hydrogen) atoms. The molecule has 0 aromatic rings. The van der Waals surface area contributed by atoms with Crippen molar-refractivity contribution in [1.82, 2.24) is 0 Å². The standard InChI is InChI=1S/C7H6Cl2O/c8-6-2-1-3-7(9)5(6)4-10/h2,4H,1,3H2. The molecule has 0 heterocycles. The van der Waals surface area contributed by atoms with Crippen molar-refractivity contribution in [3.63, 3.8) is 0 Å². The SMILES string of the molecule is O=CC1=C(Cl)CCC=C1Cl. The normalized spacial score (nSPS) is 18.8. The van der Waals surface area contributed by atoms with Gasteiger partial charge in [0.2, 0.25) is 0 Å². The van der Waals surface area contributed by atoms with E-state index in [0.29, 0.717) is 21.9 Å². The van der Waals surface area contributed by atoms with E-state index in [-0.39, 0.29) is 0 Å². The first-order chi connectivity index (χ1) is 4.75. The lowest BCUT2D eigenvalue weighted by molar-refractivity contribution is -0.104. The summed E-state index contributed by atoms with van der Waals surface area (Å²) in [5.41, 5.74) is 0.439. The highest BCUT2D eigenvalue weighted by molar-refractivity contribution is 6.38. The molecule has 54 valence electrons. The van der Waals surface area contributed by atoms with E-state index in [1.807, 2.05) is 0 Å². The van der Waals surface area contributed by atoms with Crippen LogP contribution in [-0.4, -0.2) is 6.29 Å². The molecule has 0 aromatic heterocycles. The van der Waals surface area contributed by atoms with Gasteiger partial charge in [-0.1, -0.05) is 29.3 Å². The van der Waals surface area contributed by atoms with Gasteiger partial charge in [-0.2, -0.15) is 0 Å². The molecule has 1 aliphatic rings. The number of carbonyl (C=O) groups excluding carboxylic acids is 1. The third-order valence-corrected chi connectivity index (χ3v) is 2.11. The van der Waals surface area contributed by atoms with Crippen molar-refractivity contribution >= 4 is 29.5 Å². The topological polar surface area (TPSA) is 17.1 Å². The summed E-state index contributed by atoms with van der Waals surface area (Å²) in [5.74, 6) is 0. The Balaban J connectivity index is 2.97. The second-order valence-electron chi connectivity index (χ2n) is 2.03. The van der Waals surface area contributed by atoms with E-state index in [4.69, 9.17) is 23.2 Å². The number of aldehydes is 1. The van der Waals surface area contributed by atoms with Crippen LogP contribution in [0.1, 0.15) is 12.8 Å². The molecule has 0 aromatic carbocycles. The fourth-order valence-electron chi connectivity index (χ4n) is 0.820. The van der Waals surface area contributed by atoms with E-state index >= 15 is 0 Å². The van der Waals surface area contributed by atoms with Crippen molar-refractivity contribution in [2.24, 2.45) is 0 Å². The lowest BCUT2D eigenvalue weighted by Gasteiger charge is -2.07. The Kier molecular flexibility index (Phi) is 2.52. The highest BCUT2D eigenvalue weighted by Crippen LogP contribution is 2.28. The van der Waals surface area contributed by atoms with Gasteiger partial charge in [-0.05, 0) is 12.8 Å². The molecular formula is C7H6Cl2O. The van der Waals surface area contributed by atoms with Crippen LogP contribution in [0.4, 0.5) is 0 Å². The highest BCUT2D eigenvalue weighted by Gasteiger charge is 2.11. The minimum Gasteiger partial charge on any atom is -0.298 e. The molecular weight excluding hydrogens is 171 g/mol. The molecule has 0 spiro atoms. The summed E-state index contributed by atoms with van der Waals surface area (Å²) in [6.45, 7) is 0. The molecule has 0 saturated heterocycles. The first-order valence-corrected chi connectivity index (χ1v) is 3.71. The first-order valence-electron chi connectivity index (χ1n) is 2.95. The largest absolute Gasteiger partial charge is 0.298 e. The van der Waals surface area contributed by atoms with Crippen LogP contribution in [0.15, 0.2) is 21.7 Å². The van der Waals surface area contributed by atoms with Gasteiger partial charge >= 0.3 is 0 Å². The predicted molar refractivity (Wildman–Crippen MR) is 42.1 cm³/mol. The van der Waals surface area contributed by atoms with Crippen LogP contribution in [0.5, 0.6) is 0 Å². The molecule has 0 fully saturated rings. The fourth-order valence-corrected chi connectivity index (χ4v) is 1.39. The molecule has 1 nitrogen and oxygen atoms in total. The molecule has 0 saturated carbocycles. The molecule has 1 aliphatic carbocycles. The summed E-state index contributed by atoms with van der Waals surface area (Å²) in [6.07, 6.45) is 4.05. The first kappa shape index (κ1) is 7.83. The van der Waals surface area contributed by atoms with Gasteiger partial charge in [0, 0.05) is 15.6 Å². The molecule has 0 unspecified atom stereocenters. The lowest BCUT2D eigenvalue weighted by atomic mass is 10.1. The van der Waals surface area contributed by atoms with Gasteiger partial charge in [-0.15, -0.1) is 0 Å². The quantitative estimate of drug-likeness (QED) is 0.562. The third kappa shape index (κ3) is 1.41. The van der Waals surface area contributed by atoms with E-state index in [2.05, 4.69) is 0 Å². The van der Waals surface area contributed by atoms with Crippen LogP contribution < -0.4 is 0 Å². The Morgan fingerprint density at radius 1 is 1.50 bits per heavy atom. The maximum Gasteiger partial charge on any atom is 0.152 e. The van der Waals surface area contributed by atoms with E-state index in [1.165, 1.54) is 0 Å². The monoisotopic (exact) mass is 176 g/mol. The number of halogens is 2. The van der Waals surface area contributed by atoms with Crippen LogP contribution in [0.2, 0.25) is 0 Å². The smallest absolute Gasteiger partial charge is 0.152 e. The van der Waals surface area contributed by atoms with Crippen LogP contribution in [0, 0.1) is 0 Å². The van der Waals surface area contributed by atoms with Gasteiger partial charge in [0.1, 0.15) is 0 Å². The van der Waals surface area contributed by atoms with Crippen molar-refractivity contribution in [3.05, 3.63) is 21.7 Å². The number of allylic oxidation sites excluding steroid dienone is 4. The molecule has 3 heteroatoms. The van der Waals surface area contributed by atoms with Gasteiger partial charge < -0.3 is 0 Å². The van der Waals surface area contributed by atoms with Crippen LogP contribution in [0.25, 0.3) is 0 Å². The zero-order valence-electron chi connectivity index (χ0n) is 5.23. The summed E-state index contributed by atoms with van der Waals surface area (Å²) in [4.78, 5) is 10.3. The summed E-state index contributed by atoms with van der Waals surface area (Å²) >= 11 is 11.4. The Bertz CT molecular complexity index is 216. The molecule has 0 bridgehead atoms. The second kappa shape index (κ2) is 3.22. The van der Waals surface area contributed by atoms with Crippen molar-refractivity contribution in [1.29, 1.82) is 0 Å². The lowest BCUT2D eigenvalue weighted by Crippen LogP contribution is -1.94. The Morgan fingerprint density at radius 3 is 2.60 bits per heavy atom. The molecule has 0 radical (unpaired) electrons. The fraction of sp³-hybridized carbons (Fsp3) is 0.286. The van der Waals surface area contributed by atoms with E-state index in [9.17, 15) is 4.79 Å². The van der Waals surface area contributed by atoms with Gasteiger partial charge in [-0.3, -0.25) is 4.79 Å². The number of rotatable bonds is 1. The minimum atomic E-state index is 0.439. The second-order valence-corrected chi connectivity index (χ2v) is 2.89. The summed E-state index contributed by atoms with van der Waals surface area (Å²) in [5, 5.41) is 1.05. The van der Waals surface area contributed by atoms with Gasteiger partial charge in [0.05, 0.1) is 0 Å².